The standard InChI is InChI=1S/C19H24N2O5S/c1-18(2,3)26-17(25)20-19(9-12-7-5-4-6-8-12)10-14-21(16(19)24)13(11-27-14)15(22)23/h4-8,13-14H,9-11H2,1-3H3,(H,20,25)(H,22,23). The number of carboxylic acid groups (broad SMARTS) is 1. The van der Waals surface area contributed by atoms with Gasteiger partial charge in [0.2, 0.25) is 0 Å². The fourth-order valence-electron chi connectivity index (χ4n) is 3.56. The number of ether oxygens (including phenoxy) is 1. The Hall–Kier alpha value is -2.22. The molecule has 0 aromatic heterocycles. The molecule has 2 amide bonds. The SMILES string of the molecule is CC(C)(C)OC(=O)NC1(Cc2ccccc2)CC2SCC(C(=O)O)N2C1=O. The summed E-state index contributed by atoms with van der Waals surface area (Å²) in [5, 5.41) is 12.0. The van der Waals surface area contributed by atoms with Crippen LogP contribution >= 0.6 is 11.8 Å². The van der Waals surface area contributed by atoms with Crippen molar-refractivity contribution in [1.29, 1.82) is 0 Å². The molecule has 2 heterocycles. The summed E-state index contributed by atoms with van der Waals surface area (Å²) >= 11 is 1.44. The fourth-order valence-corrected chi connectivity index (χ4v) is 5.07. The van der Waals surface area contributed by atoms with E-state index < -0.39 is 29.2 Å². The van der Waals surface area contributed by atoms with E-state index in [0.29, 0.717) is 12.2 Å². The molecule has 2 aliphatic rings. The first-order valence-corrected chi connectivity index (χ1v) is 9.88. The van der Waals surface area contributed by atoms with Gasteiger partial charge in [-0.1, -0.05) is 30.3 Å². The van der Waals surface area contributed by atoms with E-state index in [1.54, 1.807) is 20.8 Å². The van der Waals surface area contributed by atoms with E-state index in [4.69, 9.17) is 4.74 Å². The van der Waals surface area contributed by atoms with Gasteiger partial charge in [-0.2, -0.15) is 0 Å². The summed E-state index contributed by atoms with van der Waals surface area (Å²) in [6.07, 6.45) is -0.0509. The van der Waals surface area contributed by atoms with E-state index in [2.05, 4.69) is 5.32 Å². The number of hydrogen-bond donors (Lipinski definition) is 2. The summed E-state index contributed by atoms with van der Waals surface area (Å²) in [6.45, 7) is 5.25. The normalized spacial score (nSPS) is 27.4. The quantitative estimate of drug-likeness (QED) is 0.816. The van der Waals surface area contributed by atoms with E-state index >= 15 is 0 Å². The van der Waals surface area contributed by atoms with Crippen LogP contribution in [0.25, 0.3) is 0 Å². The zero-order valence-electron chi connectivity index (χ0n) is 15.6. The van der Waals surface area contributed by atoms with Crippen molar-refractivity contribution >= 4 is 29.7 Å². The van der Waals surface area contributed by atoms with E-state index in [1.165, 1.54) is 16.7 Å². The van der Waals surface area contributed by atoms with Crippen LogP contribution in [-0.2, 0) is 20.7 Å². The molecule has 1 aromatic carbocycles. The third kappa shape index (κ3) is 4.05. The van der Waals surface area contributed by atoms with Crippen LogP contribution in [0.15, 0.2) is 30.3 Å². The minimum atomic E-state index is -1.21. The van der Waals surface area contributed by atoms with Gasteiger partial charge in [-0.05, 0) is 26.3 Å². The molecule has 27 heavy (non-hydrogen) atoms. The predicted octanol–water partition coefficient (Wildman–Crippen LogP) is 2.25. The summed E-state index contributed by atoms with van der Waals surface area (Å²) < 4.78 is 5.36. The van der Waals surface area contributed by atoms with Gasteiger partial charge in [0.25, 0.3) is 5.91 Å². The molecule has 2 fully saturated rings. The van der Waals surface area contributed by atoms with Gasteiger partial charge >= 0.3 is 12.1 Å². The van der Waals surface area contributed by atoms with Crippen LogP contribution in [0.5, 0.6) is 0 Å². The fraction of sp³-hybridized carbons (Fsp3) is 0.526. The maximum absolute atomic E-state index is 13.3. The second-order valence-electron chi connectivity index (χ2n) is 7.93. The lowest BCUT2D eigenvalue weighted by molar-refractivity contribution is -0.148. The molecule has 8 heteroatoms. The Bertz CT molecular complexity index is 748. The van der Waals surface area contributed by atoms with Crippen molar-refractivity contribution in [3.63, 3.8) is 0 Å². The van der Waals surface area contributed by atoms with E-state index in [0.717, 1.165) is 5.56 Å². The van der Waals surface area contributed by atoms with Crippen molar-refractivity contribution < 1.29 is 24.2 Å². The first-order valence-electron chi connectivity index (χ1n) is 8.84. The third-order valence-corrected chi connectivity index (χ3v) is 5.92. The highest BCUT2D eigenvalue weighted by atomic mass is 32.2. The number of rotatable bonds is 4. The van der Waals surface area contributed by atoms with Gasteiger partial charge < -0.3 is 20.1 Å². The second-order valence-corrected chi connectivity index (χ2v) is 9.14. The molecule has 0 radical (unpaired) electrons. The molecule has 3 rings (SSSR count). The molecule has 2 N–H and O–H groups in total. The molecule has 0 bridgehead atoms. The predicted molar refractivity (Wildman–Crippen MR) is 101 cm³/mol. The van der Waals surface area contributed by atoms with Crippen LogP contribution in [0.2, 0.25) is 0 Å². The zero-order chi connectivity index (χ0) is 19.8. The number of hydrogen-bond acceptors (Lipinski definition) is 5. The molecule has 0 aliphatic carbocycles. The lowest BCUT2D eigenvalue weighted by atomic mass is 9.89. The van der Waals surface area contributed by atoms with Gasteiger partial charge in [0.05, 0.1) is 5.37 Å². The van der Waals surface area contributed by atoms with Gasteiger partial charge in [0.1, 0.15) is 17.2 Å². The lowest BCUT2D eigenvalue weighted by Crippen LogP contribution is -2.58. The zero-order valence-corrected chi connectivity index (χ0v) is 16.4. The Morgan fingerprint density at radius 1 is 1.33 bits per heavy atom. The maximum Gasteiger partial charge on any atom is 0.408 e. The summed E-state index contributed by atoms with van der Waals surface area (Å²) in [6, 6.07) is 8.51. The van der Waals surface area contributed by atoms with Crippen LogP contribution in [-0.4, -0.2) is 56.3 Å². The van der Waals surface area contributed by atoms with E-state index in [-0.39, 0.29) is 17.7 Å². The smallest absolute Gasteiger partial charge is 0.408 e. The van der Waals surface area contributed by atoms with Crippen molar-refractivity contribution in [2.45, 2.75) is 56.2 Å². The van der Waals surface area contributed by atoms with Gasteiger partial charge in [-0.15, -0.1) is 11.8 Å². The van der Waals surface area contributed by atoms with Crippen LogP contribution < -0.4 is 5.32 Å². The highest BCUT2D eigenvalue weighted by molar-refractivity contribution is 8.00. The van der Waals surface area contributed by atoms with Crippen LogP contribution in [0.3, 0.4) is 0 Å². The number of fused-ring (bicyclic) bond motifs is 1. The average Bonchev–Trinajstić information content (AvgIpc) is 3.06. The minimum absolute atomic E-state index is 0.266. The van der Waals surface area contributed by atoms with Crippen molar-refractivity contribution in [3.05, 3.63) is 35.9 Å². The van der Waals surface area contributed by atoms with E-state index in [1.807, 2.05) is 30.3 Å². The van der Waals surface area contributed by atoms with Crippen LogP contribution in [0.4, 0.5) is 4.79 Å². The number of nitrogens with one attached hydrogen (secondary N) is 1. The molecule has 2 aliphatic heterocycles. The van der Waals surface area contributed by atoms with Gasteiger partial charge in [0, 0.05) is 18.6 Å². The van der Waals surface area contributed by atoms with Gasteiger partial charge in [-0.3, -0.25) is 4.79 Å². The molecule has 1 aromatic rings. The molecule has 3 atom stereocenters. The Morgan fingerprint density at radius 2 is 2.00 bits per heavy atom. The molecular formula is C19H24N2O5S. The van der Waals surface area contributed by atoms with Crippen LogP contribution in [0.1, 0.15) is 32.8 Å². The highest BCUT2D eigenvalue weighted by Crippen LogP contribution is 2.43. The Kier molecular flexibility index (Phi) is 5.12. The largest absolute Gasteiger partial charge is 0.480 e. The van der Waals surface area contributed by atoms with Gasteiger partial charge in [0.15, 0.2) is 0 Å². The van der Waals surface area contributed by atoms with E-state index in [9.17, 15) is 19.5 Å². The summed E-state index contributed by atoms with van der Waals surface area (Å²) in [4.78, 5) is 38.7. The lowest BCUT2D eigenvalue weighted by Gasteiger charge is -2.31. The number of aliphatic carboxylic acids is 1. The highest BCUT2D eigenvalue weighted by Gasteiger charge is 2.58. The molecule has 3 unspecified atom stereocenters. The summed E-state index contributed by atoms with van der Waals surface area (Å²) in [5.74, 6) is -1.02. The Labute approximate surface area is 162 Å². The molecule has 2 saturated heterocycles. The molecule has 0 saturated carbocycles. The number of carbonyl (C=O) groups excluding carboxylic acids is 2. The third-order valence-electron chi connectivity index (χ3n) is 4.63. The number of carboxylic acids is 1. The average molecular weight is 392 g/mol. The Balaban J connectivity index is 1.90. The number of amides is 2. The molecule has 7 nitrogen and oxygen atoms in total. The topological polar surface area (TPSA) is 95.9 Å². The number of thioether (sulfide) groups is 1. The monoisotopic (exact) mass is 392 g/mol. The number of nitrogens with zero attached hydrogens (tertiary/aromatic N) is 1. The molecule has 146 valence electrons. The molecular weight excluding hydrogens is 368 g/mol. The number of benzene rings is 1. The summed E-state index contributed by atoms with van der Waals surface area (Å²) in [5.41, 5.74) is -1.02. The first kappa shape index (κ1) is 19.5. The minimum Gasteiger partial charge on any atom is -0.480 e. The second kappa shape index (κ2) is 7.07. The molecule has 0 spiro atoms. The van der Waals surface area contributed by atoms with Crippen LogP contribution in [0, 0.1) is 0 Å². The van der Waals surface area contributed by atoms with Crippen molar-refractivity contribution in [2.24, 2.45) is 0 Å². The maximum atomic E-state index is 13.3. The van der Waals surface area contributed by atoms with Crippen molar-refractivity contribution in [3.8, 4) is 0 Å². The number of carbonyl (C=O) groups is 3. The summed E-state index contributed by atoms with van der Waals surface area (Å²) in [7, 11) is 0. The van der Waals surface area contributed by atoms with Crippen molar-refractivity contribution in [2.75, 3.05) is 5.75 Å². The Morgan fingerprint density at radius 3 is 2.59 bits per heavy atom. The van der Waals surface area contributed by atoms with Crippen molar-refractivity contribution in [1.82, 2.24) is 10.2 Å². The van der Waals surface area contributed by atoms with Gasteiger partial charge in [-0.25, -0.2) is 9.59 Å². The number of alkyl carbamates (subject to hydrolysis) is 1. The first-order chi connectivity index (χ1) is 12.6.